The van der Waals surface area contributed by atoms with Crippen LogP contribution in [0.2, 0.25) is 0 Å². The third-order valence-electron chi connectivity index (χ3n) is 3.77. The molecule has 0 saturated heterocycles. The summed E-state index contributed by atoms with van der Waals surface area (Å²) in [6.45, 7) is 4.07. The maximum absolute atomic E-state index is 12.4. The molecule has 7 heteroatoms. The van der Waals surface area contributed by atoms with Gasteiger partial charge in [0.15, 0.2) is 0 Å². The van der Waals surface area contributed by atoms with Gasteiger partial charge in [0.2, 0.25) is 5.88 Å². The summed E-state index contributed by atoms with van der Waals surface area (Å²) in [6.07, 6.45) is 0.714. The molecule has 0 atom stereocenters. The van der Waals surface area contributed by atoms with E-state index in [1.54, 1.807) is 18.1 Å². The molecule has 0 fully saturated rings. The van der Waals surface area contributed by atoms with Crippen LogP contribution in [0.5, 0.6) is 5.88 Å². The third-order valence-corrected chi connectivity index (χ3v) is 3.77. The Morgan fingerprint density at radius 2 is 2.26 bits per heavy atom. The molecule has 1 N–H and O–H groups in total. The standard InChI is InChI=1S/C16H20N4O3/c1-11-9-14(19-18-11)16(21)20-6-5-13-12(10-20)3-4-15(17-13)23-8-7-22-2/h3-4,9H,5-8,10H2,1-2H3,(H,18,19). The first-order valence-electron chi connectivity index (χ1n) is 7.59. The minimum atomic E-state index is -0.0552. The van der Waals surface area contributed by atoms with E-state index in [-0.39, 0.29) is 5.91 Å². The zero-order valence-corrected chi connectivity index (χ0v) is 13.3. The number of nitrogens with one attached hydrogen (secondary N) is 1. The Hall–Kier alpha value is -2.41. The molecule has 1 amide bonds. The van der Waals surface area contributed by atoms with Crippen molar-refractivity contribution in [3.8, 4) is 5.88 Å². The van der Waals surface area contributed by atoms with Gasteiger partial charge in [0.05, 0.1) is 12.3 Å². The van der Waals surface area contributed by atoms with Gasteiger partial charge < -0.3 is 14.4 Å². The second-order valence-electron chi connectivity index (χ2n) is 5.51. The van der Waals surface area contributed by atoms with Crippen molar-refractivity contribution in [2.75, 3.05) is 26.9 Å². The molecular weight excluding hydrogens is 296 g/mol. The number of ether oxygens (including phenoxy) is 2. The first kappa shape index (κ1) is 15.5. The van der Waals surface area contributed by atoms with Gasteiger partial charge in [-0.3, -0.25) is 9.89 Å². The number of fused-ring (bicyclic) bond motifs is 1. The number of hydrogen-bond donors (Lipinski definition) is 1. The molecule has 0 radical (unpaired) electrons. The average molecular weight is 316 g/mol. The number of carbonyl (C=O) groups is 1. The fourth-order valence-electron chi connectivity index (χ4n) is 2.57. The molecule has 0 spiro atoms. The summed E-state index contributed by atoms with van der Waals surface area (Å²) < 4.78 is 10.5. The molecule has 0 aliphatic carbocycles. The molecule has 0 unspecified atom stereocenters. The molecule has 1 aliphatic heterocycles. The number of hydrogen-bond acceptors (Lipinski definition) is 5. The number of aryl methyl sites for hydroxylation is 1. The summed E-state index contributed by atoms with van der Waals surface area (Å²) in [6, 6.07) is 5.57. The van der Waals surface area contributed by atoms with Crippen molar-refractivity contribution in [3.63, 3.8) is 0 Å². The van der Waals surface area contributed by atoms with Crippen LogP contribution in [0, 0.1) is 6.92 Å². The van der Waals surface area contributed by atoms with E-state index in [9.17, 15) is 4.79 Å². The van der Waals surface area contributed by atoms with Crippen molar-refractivity contribution < 1.29 is 14.3 Å². The van der Waals surface area contributed by atoms with Crippen molar-refractivity contribution >= 4 is 5.91 Å². The minimum absolute atomic E-state index is 0.0552. The minimum Gasteiger partial charge on any atom is -0.475 e. The highest BCUT2D eigenvalue weighted by Crippen LogP contribution is 2.21. The van der Waals surface area contributed by atoms with E-state index < -0.39 is 0 Å². The summed E-state index contributed by atoms with van der Waals surface area (Å²) in [4.78, 5) is 18.8. The third kappa shape index (κ3) is 3.50. The second kappa shape index (κ2) is 6.78. The van der Waals surface area contributed by atoms with Crippen LogP contribution in [-0.2, 0) is 17.7 Å². The number of aromatic amines is 1. The summed E-state index contributed by atoms with van der Waals surface area (Å²) in [7, 11) is 1.64. The number of nitrogens with zero attached hydrogens (tertiary/aromatic N) is 3. The van der Waals surface area contributed by atoms with Gasteiger partial charge in [0.25, 0.3) is 5.91 Å². The lowest BCUT2D eigenvalue weighted by Crippen LogP contribution is -2.36. The molecule has 2 aromatic rings. The van der Waals surface area contributed by atoms with E-state index in [0.717, 1.165) is 17.0 Å². The number of aromatic nitrogens is 3. The Balaban J connectivity index is 1.67. The maximum atomic E-state index is 12.4. The van der Waals surface area contributed by atoms with Gasteiger partial charge >= 0.3 is 0 Å². The van der Waals surface area contributed by atoms with Crippen molar-refractivity contribution in [1.82, 2.24) is 20.1 Å². The number of amides is 1. The zero-order chi connectivity index (χ0) is 16.2. The van der Waals surface area contributed by atoms with Crippen molar-refractivity contribution in [1.29, 1.82) is 0 Å². The first-order chi connectivity index (χ1) is 11.2. The maximum Gasteiger partial charge on any atom is 0.274 e. The van der Waals surface area contributed by atoms with Crippen LogP contribution in [0.4, 0.5) is 0 Å². The van der Waals surface area contributed by atoms with Gasteiger partial charge in [-0.15, -0.1) is 0 Å². The van der Waals surface area contributed by atoms with E-state index in [1.807, 2.05) is 19.1 Å². The molecule has 3 rings (SSSR count). The van der Waals surface area contributed by atoms with Crippen LogP contribution in [0.25, 0.3) is 0 Å². The molecule has 7 nitrogen and oxygen atoms in total. The second-order valence-corrected chi connectivity index (χ2v) is 5.51. The van der Waals surface area contributed by atoms with Crippen molar-refractivity contribution in [3.05, 3.63) is 40.8 Å². The van der Waals surface area contributed by atoms with E-state index in [0.29, 0.717) is 44.3 Å². The normalized spacial score (nSPS) is 13.7. The molecule has 23 heavy (non-hydrogen) atoms. The van der Waals surface area contributed by atoms with Crippen molar-refractivity contribution in [2.24, 2.45) is 0 Å². The summed E-state index contributed by atoms with van der Waals surface area (Å²) in [5.41, 5.74) is 3.38. The molecule has 122 valence electrons. The number of rotatable bonds is 5. The fraction of sp³-hybridized carbons (Fsp3) is 0.438. The van der Waals surface area contributed by atoms with Gasteiger partial charge in [-0.2, -0.15) is 5.10 Å². The predicted octanol–water partition coefficient (Wildman–Crippen LogP) is 1.34. The average Bonchev–Trinajstić information content (AvgIpc) is 3.00. The van der Waals surface area contributed by atoms with Crippen molar-refractivity contribution in [2.45, 2.75) is 19.9 Å². The topological polar surface area (TPSA) is 80.3 Å². The molecule has 0 aromatic carbocycles. The highest BCUT2D eigenvalue weighted by molar-refractivity contribution is 5.92. The molecule has 0 saturated carbocycles. The predicted molar refractivity (Wildman–Crippen MR) is 83.4 cm³/mol. The van der Waals surface area contributed by atoms with Gasteiger partial charge in [-0.25, -0.2) is 4.98 Å². The molecular formula is C16H20N4O3. The van der Waals surface area contributed by atoms with E-state index in [2.05, 4.69) is 15.2 Å². The number of H-pyrrole nitrogens is 1. The number of methoxy groups -OCH3 is 1. The fourth-order valence-corrected chi connectivity index (χ4v) is 2.57. The lowest BCUT2D eigenvalue weighted by Gasteiger charge is -2.27. The van der Waals surface area contributed by atoms with Crippen LogP contribution < -0.4 is 4.74 Å². The van der Waals surface area contributed by atoms with E-state index in [4.69, 9.17) is 9.47 Å². The highest BCUT2D eigenvalue weighted by Gasteiger charge is 2.24. The number of carbonyl (C=O) groups excluding carboxylic acids is 1. The van der Waals surface area contributed by atoms with Gasteiger partial charge in [0.1, 0.15) is 12.3 Å². The molecule has 3 heterocycles. The zero-order valence-electron chi connectivity index (χ0n) is 13.3. The summed E-state index contributed by atoms with van der Waals surface area (Å²) in [5, 5.41) is 6.84. The SMILES string of the molecule is COCCOc1ccc2c(n1)CCN(C(=O)c1cc(C)[nH]n1)C2. The molecule has 0 bridgehead atoms. The van der Waals surface area contributed by atoms with Crippen LogP contribution >= 0.6 is 0 Å². The van der Waals surface area contributed by atoms with E-state index in [1.165, 1.54) is 0 Å². The smallest absolute Gasteiger partial charge is 0.274 e. The van der Waals surface area contributed by atoms with Gasteiger partial charge in [0, 0.05) is 38.4 Å². The number of pyridine rings is 1. The van der Waals surface area contributed by atoms with Crippen LogP contribution in [-0.4, -0.2) is 52.9 Å². The monoisotopic (exact) mass is 316 g/mol. The molecule has 1 aliphatic rings. The Morgan fingerprint density at radius 1 is 1.39 bits per heavy atom. The van der Waals surface area contributed by atoms with Crippen LogP contribution in [0.1, 0.15) is 27.4 Å². The Labute approximate surface area is 134 Å². The Morgan fingerprint density at radius 3 is 3.00 bits per heavy atom. The summed E-state index contributed by atoms with van der Waals surface area (Å²) >= 11 is 0. The van der Waals surface area contributed by atoms with E-state index >= 15 is 0 Å². The molecule has 2 aromatic heterocycles. The lowest BCUT2D eigenvalue weighted by molar-refractivity contribution is 0.0727. The van der Waals surface area contributed by atoms with Gasteiger partial charge in [-0.1, -0.05) is 6.07 Å². The Kier molecular flexibility index (Phi) is 4.57. The largest absolute Gasteiger partial charge is 0.475 e. The Bertz CT molecular complexity index is 698. The highest BCUT2D eigenvalue weighted by atomic mass is 16.5. The first-order valence-corrected chi connectivity index (χ1v) is 7.59. The van der Waals surface area contributed by atoms with Gasteiger partial charge in [-0.05, 0) is 18.6 Å². The van der Waals surface area contributed by atoms with Crippen LogP contribution in [0.3, 0.4) is 0 Å². The summed E-state index contributed by atoms with van der Waals surface area (Å²) in [5.74, 6) is 0.545. The quantitative estimate of drug-likeness (QED) is 0.842. The van der Waals surface area contributed by atoms with Crippen LogP contribution in [0.15, 0.2) is 18.2 Å². The lowest BCUT2D eigenvalue weighted by atomic mass is 10.1.